The maximum atomic E-state index is 11.7. The average molecular weight is 286 g/mol. The summed E-state index contributed by atoms with van der Waals surface area (Å²) in [4.78, 5) is 11.7. The van der Waals surface area contributed by atoms with E-state index in [0.717, 1.165) is 10.9 Å². The van der Waals surface area contributed by atoms with E-state index in [2.05, 4.69) is 25.1 Å². The van der Waals surface area contributed by atoms with Crippen molar-refractivity contribution in [2.75, 3.05) is 7.11 Å². The van der Waals surface area contributed by atoms with Crippen molar-refractivity contribution in [2.24, 2.45) is 0 Å². The summed E-state index contributed by atoms with van der Waals surface area (Å²) in [6.45, 7) is 7.86. The third-order valence-electron chi connectivity index (χ3n) is 3.85. The van der Waals surface area contributed by atoms with Gasteiger partial charge in [0.1, 0.15) is 6.10 Å². The van der Waals surface area contributed by atoms with Crippen LogP contribution in [0.2, 0.25) is 0 Å². The molecule has 0 bridgehead atoms. The summed E-state index contributed by atoms with van der Waals surface area (Å²) in [5.74, 6) is -0.317. The molecule has 1 aliphatic heterocycles. The third kappa shape index (κ3) is 2.54. The number of carbonyl (C=O) groups is 1. The molecule has 0 amide bonds. The monoisotopic (exact) mass is 286 g/mol. The van der Waals surface area contributed by atoms with Crippen molar-refractivity contribution in [1.82, 2.24) is 0 Å². The molecule has 2 aromatic rings. The number of benzene rings is 2. The molecular formula is C18H22O3. The Morgan fingerprint density at radius 3 is 2.38 bits per heavy atom. The number of aryl methyl sites for hydroxylation is 1. The van der Waals surface area contributed by atoms with Gasteiger partial charge in [0.05, 0.1) is 7.11 Å². The summed E-state index contributed by atoms with van der Waals surface area (Å²) in [6, 6.07) is 12.3. The minimum absolute atomic E-state index is 0.217. The van der Waals surface area contributed by atoms with Gasteiger partial charge in [0.2, 0.25) is 0 Å². The molecule has 2 atom stereocenters. The second kappa shape index (κ2) is 5.86. The highest BCUT2D eigenvalue weighted by molar-refractivity contribution is 5.91. The number of rotatable bonds is 2. The van der Waals surface area contributed by atoms with Gasteiger partial charge >= 0.3 is 5.97 Å². The van der Waals surface area contributed by atoms with Crippen molar-refractivity contribution >= 4 is 16.7 Å². The Hall–Kier alpha value is -1.87. The highest BCUT2D eigenvalue weighted by atomic mass is 16.7. The lowest BCUT2D eigenvalue weighted by molar-refractivity contribution is -0.146. The van der Waals surface area contributed by atoms with Gasteiger partial charge < -0.3 is 9.47 Å². The van der Waals surface area contributed by atoms with Crippen LogP contribution in [0.1, 0.15) is 38.0 Å². The minimum Gasteiger partial charge on any atom is -0.467 e. The van der Waals surface area contributed by atoms with Crippen LogP contribution < -0.4 is 0 Å². The maximum absolute atomic E-state index is 11.7. The zero-order valence-corrected chi connectivity index (χ0v) is 13.3. The summed E-state index contributed by atoms with van der Waals surface area (Å²) in [6.07, 6.45) is -0.217. The summed E-state index contributed by atoms with van der Waals surface area (Å²) in [5.41, 5.74) is 1.43. The number of hydrogen-bond acceptors (Lipinski definition) is 3. The Labute approximate surface area is 125 Å². The molecule has 3 heteroatoms. The lowest BCUT2D eigenvalue weighted by Gasteiger charge is -2.08. The Bertz CT molecular complexity index is 663. The van der Waals surface area contributed by atoms with Gasteiger partial charge in [-0.1, -0.05) is 50.2 Å². The normalized spacial score (nSPS) is 23.2. The third-order valence-corrected chi connectivity index (χ3v) is 3.85. The van der Waals surface area contributed by atoms with E-state index in [9.17, 15) is 4.79 Å². The van der Waals surface area contributed by atoms with Gasteiger partial charge in [0, 0.05) is 0 Å². The van der Waals surface area contributed by atoms with E-state index in [0.29, 0.717) is 0 Å². The van der Waals surface area contributed by atoms with Crippen LogP contribution in [0.25, 0.3) is 10.8 Å². The maximum Gasteiger partial charge on any atom is 0.340 e. The number of methoxy groups -OCH3 is 1. The summed E-state index contributed by atoms with van der Waals surface area (Å²) in [5, 5.41) is 2.34. The molecule has 0 aliphatic carbocycles. The first kappa shape index (κ1) is 15.5. The number of ether oxygens (including phenoxy) is 2. The highest BCUT2D eigenvalue weighted by Crippen LogP contribution is 2.51. The first-order valence-corrected chi connectivity index (χ1v) is 7.32. The lowest BCUT2D eigenvalue weighted by Crippen LogP contribution is -2.22. The quantitative estimate of drug-likeness (QED) is 0.614. The fourth-order valence-electron chi connectivity index (χ4n) is 2.63. The van der Waals surface area contributed by atoms with E-state index in [4.69, 9.17) is 9.47 Å². The smallest absolute Gasteiger partial charge is 0.340 e. The molecule has 21 heavy (non-hydrogen) atoms. The number of carbonyl (C=O) groups excluding carboxylic acids is 1. The van der Waals surface area contributed by atoms with Gasteiger partial charge in [-0.15, -0.1) is 0 Å². The average Bonchev–Trinajstić information content (AvgIpc) is 3.22. The van der Waals surface area contributed by atoms with Crippen molar-refractivity contribution in [3.05, 3.63) is 47.5 Å². The van der Waals surface area contributed by atoms with Crippen LogP contribution in [0.4, 0.5) is 0 Å². The number of epoxide rings is 1. The van der Waals surface area contributed by atoms with Crippen LogP contribution in [0, 0.1) is 6.92 Å². The number of hydrogen-bond donors (Lipinski definition) is 0. The van der Waals surface area contributed by atoms with Crippen molar-refractivity contribution < 1.29 is 14.3 Å². The van der Waals surface area contributed by atoms with Crippen LogP contribution in [0.5, 0.6) is 0 Å². The predicted octanol–water partition coefficient (Wildman–Crippen LogP) is 4.18. The van der Waals surface area contributed by atoms with E-state index in [1.54, 1.807) is 6.92 Å². The summed E-state index contributed by atoms with van der Waals surface area (Å²) >= 11 is 0. The molecule has 0 aromatic heterocycles. The summed E-state index contributed by atoms with van der Waals surface area (Å²) in [7, 11) is 1.39. The van der Waals surface area contributed by atoms with Crippen LogP contribution in [-0.2, 0) is 14.3 Å². The molecule has 1 fully saturated rings. The SMILES string of the molecule is CC.COC(=O)C1(C)OC1c1ccc(C)c2ccccc12. The second-order valence-electron chi connectivity index (χ2n) is 5.11. The molecule has 2 aromatic carbocycles. The zero-order chi connectivity index (χ0) is 15.6. The van der Waals surface area contributed by atoms with Crippen LogP contribution >= 0.6 is 0 Å². The minimum atomic E-state index is -0.840. The molecule has 2 unspecified atom stereocenters. The fraction of sp³-hybridized carbons (Fsp3) is 0.389. The van der Waals surface area contributed by atoms with Gasteiger partial charge in [-0.3, -0.25) is 0 Å². The Morgan fingerprint density at radius 2 is 1.76 bits per heavy atom. The van der Waals surface area contributed by atoms with Crippen LogP contribution in [0.15, 0.2) is 36.4 Å². The van der Waals surface area contributed by atoms with Crippen molar-refractivity contribution in [3.8, 4) is 0 Å². The van der Waals surface area contributed by atoms with Crippen molar-refractivity contribution in [1.29, 1.82) is 0 Å². The standard InChI is InChI=1S/C16H16O3.C2H6/c1-10-8-9-13(12-7-5-4-6-11(10)12)14-16(2,19-14)15(17)18-3;1-2/h4-9,14H,1-3H3;1-2H3. The largest absolute Gasteiger partial charge is 0.467 e. The van der Waals surface area contributed by atoms with Gasteiger partial charge in [-0.25, -0.2) is 4.79 Å². The zero-order valence-electron chi connectivity index (χ0n) is 13.3. The molecule has 0 radical (unpaired) electrons. The molecule has 0 saturated carbocycles. The van der Waals surface area contributed by atoms with Gasteiger partial charge in [0.15, 0.2) is 5.60 Å². The molecule has 1 heterocycles. The van der Waals surface area contributed by atoms with Crippen LogP contribution in [0.3, 0.4) is 0 Å². The number of esters is 1. The molecule has 1 aliphatic rings. The molecule has 112 valence electrons. The van der Waals surface area contributed by atoms with E-state index in [-0.39, 0.29) is 12.1 Å². The predicted molar refractivity (Wildman–Crippen MR) is 84.3 cm³/mol. The van der Waals surface area contributed by atoms with E-state index >= 15 is 0 Å². The Kier molecular flexibility index (Phi) is 4.33. The molecule has 3 rings (SSSR count). The van der Waals surface area contributed by atoms with Gasteiger partial charge in [-0.05, 0) is 35.7 Å². The van der Waals surface area contributed by atoms with E-state index in [1.165, 1.54) is 18.1 Å². The molecule has 3 nitrogen and oxygen atoms in total. The highest BCUT2D eigenvalue weighted by Gasteiger charge is 2.60. The number of fused-ring (bicyclic) bond motifs is 1. The first-order chi connectivity index (χ1) is 10.1. The fourth-order valence-corrected chi connectivity index (χ4v) is 2.63. The molecular weight excluding hydrogens is 264 g/mol. The Morgan fingerprint density at radius 1 is 1.14 bits per heavy atom. The second-order valence-corrected chi connectivity index (χ2v) is 5.11. The van der Waals surface area contributed by atoms with Gasteiger partial charge in [0.25, 0.3) is 0 Å². The first-order valence-electron chi connectivity index (χ1n) is 7.32. The van der Waals surface area contributed by atoms with Crippen LogP contribution in [-0.4, -0.2) is 18.7 Å². The van der Waals surface area contributed by atoms with E-state index in [1.807, 2.05) is 32.0 Å². The van der Waals surface area contributed by atoms with Crippen molar-refractivity contribution in [2.45, 2.75) is 39.4 Å². The van der Waals surface area contributed by atoms with Crippen molar-refractivity contribution in [3.63, 3.8) is 0 Å². The molecule has 0 spiro atoms. The van der Waals surface area contributed by atoms with E-state index < -0.39 is 5.60 Å². The Balaban J connectivity index is 0.000000774. The topological polar surface area (TPSA) is 38.8 Å². The summed E-state index contributed by atoms with van der Waals surface area (Å²) < 4.78 is 10.4. The van der Waals surface area contributed by atoms with Gasteiger partial charge in [-0.2, -0.15) is 0 Å². The lowest BCUT2D eigenvalue weighted by atomic mass is 9.94. The molecule has 1 saturated heterocycles. The molecule has 0 N–H and O–H groups in total.